The third kappa shape index (κ3) is 11.8. The van der Waals surface area contributed by atoms with Gasteiger partial charge in [-0.3, -0.25) is 4.79 Å². The Hall–Kier alpha value is -1.75. The van der Waals surface area contributed by atoms with Gasteiger partial charge in [-0.15, -0.1) is 0 Å². The smallest absolute Gasteiger partial charge is 0.209 e. The molecule has 5 heteroatoms. The maximum absolute atomic E-state index is 10.2. The van der Waals surface area contributed by atoms with E-state index in [-0.39, 0.29) is 0 Å². The highest BCUT2D eigenvalue weighted by molar-refractivity contribution is 5.47. The Morgan fingerprint density at radius 2 is 1.42 bits per heavy atom. The van der Waals surface area contributed by atoms with Gasteiger partial charge in [0.1, 0.15) is 11.5 Å². The maximum atomic E-state index is 10.2. The Morgan fingerprint density at radius 1 is 0.958 bits per heavy atom. The molecule has 140 valence electrons. The van der Waals surface area contributed by atoms with Crippen molar-refractivity contribution in [3.05, 3.63) is 24.3 Å². The fourth-order valence-corrected chi connectivity index (χ4v) is 1.77. The molecule has 0 radical (unpaired) electrons. The van der Waals surface area contributed by atoms with Crippen molar-refractivity contribution in [3.63, 3.8) is 0 Å². The molecule has 0 atom stereocenters. The maximum Gasteiger partial charge on any atom is 0.209 e. The fraction of sp³-hybridized carbons (Fsp3) is 0.632. The lowest BCUT2D eigenvalue weighted by Gasteiger charge is -2.29. The van der Waals surface area contributed by atoms with Crippen LogP contribution in [0.4, 0.5) is 0 Å². The number of hydrogen-bond acceptors (Lipinski definition) is 4. The summed E-state index contributed by atoms with van der Waals surface area (Å²) in [4.78, 5) is 14.2. The summed E-state index contributed by atoms with van der Waals surface area (Å²) in [7, 11) is 3.72. The Balaban J connectivity index is 0. The van der Waals surface area contributed by atoms with Gasteiger partial charge in [-0.25, -0.2) is 0 Å². The summed E-state index contributed by atoms with van der Waals surface area (Å²) in [5.41, 5.74) is 0. The predicted molar refractivity (Wildman–Crippen MR) is 102 cm³/mol. The molecule has 24 heavy (non-hydrogen) atoms. The van der Waals surface area contributed by atoms with E-state index in [0.717, 1.165) is 44.1 Å². The van der Waals surface area contributed by atoms with Gasteiger partial charge in [-0.2, -0.15) is 0 Å². The summed E-state index contributed by atoms with van der Waals surface area (Å²) in [6.45, 7) is 14.5. The van der Waals surface area contributed by atoms with Crippen LogP contribution in [0.1, 0.15) is 34.6 Å². The first-order valence-electron chi connectivity index (χ1n) is 8.84. The van der Waals surface area contributed by atoms with Crippen LogP contribution in [-0.4, -0.2) is 63.2 Å². The van der Waals surface area contributed by atoms with Crippen molar-refractivity contribution >= 4 is 6.41 Å². The van der Waals surface area contributed by atoms with Crippen molar-refractivity contribution in [1.82, 2.24) is 9.80 Å². The number of ether oxygens (including phenoxy) is 2. The summed E-state index contributed by atoms with van der Waals surface area (Å²) in [6.07, 6.45) is 0.924. The van der Waals surface area contributed by atoms with Crippen molar-refractivity contribution in [2.24, 2.45) is 0 Å². The zero-order valence-corrected chi connectivity index (χ0v) is 16.5. The first kappa shape index (κ1) is 24.5. The van der Waals surface area contributed by atoms with E-state index in [1.165, 1.54) is 0 Å². The van der Waals surface area contributed by atoms with E-state index in [0.29, 0.717) is 6.61 Å². The van der Waals surface area contributed by atoms with Crippen LogP contribution in [0.2, 0.25) is 0 Å². The number of carbonyl (C=O) groups is 1. The number of methoxy groups -OCH3 is 1. The molecule has 0 bridgehead atoms. The van der Waals surface area contributed by atoms with Gasteiger partial charge in [0.15, 0.2) is 0 Å². The largest absolute Gasteiger partial charge is 0.497 e. The number of carbonyl (C=O) groups excluding carboxylic acids is 1. The summed E-state index contributed by atoms with van der Waals surface area (Å²) in [6, 6.07) is 7.54. The summed E-state index contributed by atoms with van der Waals surface area (Å²) >= 11 is 0. The third-order valence-electron chi connectivity index (χ3n) is 3.06. The number of nitrogens with zero attached hydrogens (tertiary/aromatic N) is 2. The van der Waals surface area contributed by atoms with E-state index < -0.39 is 0 Å². The molecule has 1 heterocycles. The summed E-state index contributed by atoms with van der Waals surface area (Å²) < 4.78 is 10.2. The minimum atomic E-state index is 0.701. The average Bonchev–Trinajstić information content (AvgIpc) is 2.67. The topological polar surface area (TPSA) is 42.0 Å². The molecule has 0 spiro atoms. The van der Waals surface area contributed by atoms with Gasteiger partial charge < -0.3 is 19.3 Å². The first-order chi connectivity index (χ1) is 11.7. The van der Waals surface area contributed by atoms with Crippen LogP contribution in [0, 0.1) is 0 Å². The Morgan fingerprint density at radius 3 is 1.79 bits per heavy atom. The number of amides is 1. The molecule has 1 amide bonds. The number of rotatable bonds is 4. The van der Waals surface area contributed by atoms with Gasteiger partial charge >= 0.3 is 0 Å². The Labute approximate surface area is 148 Å². The molecule has 1 fully saturated rings. The highest BCUT2D eigenvalue weighted by Crippen LogP contribution is 2.16. The van der Waals surface area contributed by atoms with Gasteiger partial charge in [-0.1, -0.05) is 27.7 Å². The quantitative estimate of drug-likeness (QED) is 0.786. The second kappa shape index (κ2) is 17.6. The average molecular weight is 341 g/mol. The minimum Gasteiger partial charge on any atom is -0.497 e. The van der Waals surface area contributed by atoms with Gasteiger partial charge in [0.25, 0.3) is 0 Å². The van der Waals surface area contributed by atoms with Gasteiger partial charge in [-0.05, 0) is 38.2 Å². The van der Waals surface area contributed by atoms with Crippen LogP contribution in [0.15, 0.2) is 24.3 Å². The molecule has 1 aromatic carbocycles. The number of piperazine rings is 1. The van der Waals surface area contributed by atoms with Crippen molar-refractivity contribution in [2.45, 2.75) is 34.6 Å². The van der Waals surface area contributed by atoms with Crippen molar-refractivity contribution < 1.29 is 14.3 Å². The number of hydrogen-bond donors (Lipinski definition) is 0. The molecule has 1 aliphatic rings. The van der Waals surface area contributed by atoms with Crippen LogP contribution in [0.3, 0.4) is 0 Å². The van der Waals surface area contributed by atoms with Crippen LogP contribution in [-0.2, 0) is 4.79 Å². The molecule has 0 aliphatic carbocycles. The lowest BCUT2D eigenvalue weighted by Crippen LogP contribution is -2.43. The molecule has 1 saturated heterocycles. The molecule has 0 unspecified atom stereocenters. The van der Waals surface area contributed by atoms with E-state index in [1.54, 1.807) is 12.0 Å². The molecule has 2 rings (SSSR count). The van der Waals surface area contributed by atoms with Crippen LogP contribution in [0.25, 0.3) is 0 Å². The standard InChI is InChI=1S/C9H12O2.C6H12N2O.2C2H6/c1-3-11-9-6-4-8(10-2)5-7-9;1-7-2-4-8(6-9)5-3-7;2*1-2/h4-7H,3H2,1-2H3;6H,2-5H2,1H3;2*1-2H3. The first-order valence-corrected chi connectivity index (χ1v) is 8.84. The summed E-state index contributed by atoms with van der Waals surface area (Å²) in [5, 5.41) is 0. The van der Waals surface area contributed by atoms with Crippen molar-refractivity contribution in [1.29, 1.82) is 0 Å². The zero-order chi connectivity index (χ0) is 18.8. The number of likely N-dealkylation sites (N-methyl/N-ethyl adjacent to an activating group) is 1. The monoisotopic (exact) mass is 340 g/mol. The molecular formula is C19H36N2O3. The van der Waals surface area contributed by atoms with Gasteiger partial charge in [0.2, 0.25) is 6.41 Å². The fourth-order valence-electron chi connectivity index (χ4n) is 1.77. The van der Waals surface area contributed by atoms with Crippen molar-refractivity contribution in [3.8, 4) is 11.5 Å². The van der Waals surface area contributed by atoms with Gasteiger partial charge in [0, 0.05) is 26.2 Å². The Bertz CT molecular complexity index is 375. The lowest BCUT2D eigenvalue weighted by atomic mass is 10.3. The van der Waals surface area contributed by atoms with Crippen LogP contribution < -0.4 is 9.47 Å². The van der Waals surface area contributed by atoms with Gasteiger partial charge in [0.05, 0.1) is 13.7 Å². The Kier molecular flexibility index (Phi) is 18.0. The highest BCUT2D eigenvalue weighted by Gasteiger charge is 2.10. The molecule has 5 nitrogen and oxygen atoms in total. The van der Waals surface area contributed by atoms with E-state index in [1.807, 2.05) is 58.9 Å². The second-order valence-corrected chi connectivity index (χ2v) is 4.55. The molecule has 0 N–H and O–H groups in total. The SMILES string of the molecule is CC.CC.CCOc1ccc(OC)cc1.CN1CCN(C=O)CC1. The van der Waals surface area contributed by atoms with E-state index in [4.69, 9.17) is 9.47 Å². The molecule has 1 aromatic rings. The second-order valence-electron chi connectivity index (χ2n) is 4.55. The zero-order valence-electron chi connectivity index (χ0n) is 16.5. The summed E-state index contributed by atoms with van der Waals surface area (Å²) in [5.74, 6) is 1.74. The lowest BCUT2D eigenvalue weighted by molar-refractivity contribution is -0.119. The molecule has 1 aliphatic heterocycles. The predicted octanol–water partition coefficient (Wildman–Crippen LogP) is 3.54. The van der Waals surface area contributed by atoms with E-state index >= 15 is 0 Å². The number of benzene rings is 1. The highest BCUT2D eigenvalue weighted by atomic mass is 16.5. The van der Waals surface area contributed by atoms with E-state index in [2.05, 4.69) is 11.9 Å². The molecule has 0 saturated carbocycles. The third-order valence-corrected chi connectivity index (χ3v) is 3.06. The van der Waals surface area contributed by atoms with Crippen molar-refractivity contribution in [2.75, 3.05) is 46.9 Å². The minimum absolute atomic E-state index is 0.701. The molecule has 0 aromatic heterocycles. The van der Waals surface area contributed by atoms with Crippen LogP contribution in [0.5, 0.6) is 11.5 Å². The van der Waals surface area contributed by atoms with Crippen LogP contribution >= 0.6 is 0 Å². The molecular weight excluding hydrogens is 304 g/mol. The normalized spacial score (nSPS) is 13.0. The van der Waals surface area contributed by atoms with E-state index in [9.17, 15) is 4.79 Å².